The molecular formula is C32H54N2O2+2. The quantitative estimate of drug-likeness (QED) is 0.117. The maximum Gasteiger partial charge on any atom is 0.174 e. The summed E-state index contributed by atoms with van der Waals surface area (Å²) in [5.41, 5.74) is 2.52. The predicted molar refractivity (Wildman–Crippen MR) is 149 cm³/mol. The van der Waals surface area contributed by atoms with Crippen molar-refractivity contribution >= 4 is 0 Å². The normalized spacial score (nSPS) is 11.3. The Morgan fingerprint density at radius 3 is 1.39 bits per heavy atom. The first kappa shape index (κ1) is 30.4. The third-order valence-electron chi connectivity index (χ3n) is 6.74. The Morgan fingerprint density at radius 1 is 0.528 bits per heavy atom. The van der Waals surface area contributed by atoms with Crippen LogP contribution >= 0.6 is 0 Å². The van der Waals surface area contributed by atoms with E-state index in [0.717, 1.165) is 39.1 Å². The molecule has 0 saturated heterocycles. The van der Waals surface area contributed by atoms with Crippen molar-refractivity contribution in [2.75, 3.05) is 13.2 Å². The number of pyridine rings is 2. The summed E-state index contributed by atoms with van der Waals surface area (Å²) in [7, 11) is 0. The highest BCUT2D eigenvalue weighted by atomic mass is 16.5. The third kappa shape index (κ3) is 15.4. The van der Waals surface area contributed by atoms with Crippen LogP contribution in [0.15, 0.2) is 49.1 Å². The first-order chi connectivity index (χ1) is 17.8. The Kier molecular flexibility index (Phi) is 18.0. The van der Waals surface area contributed by atoms with Gasteiger partial charge in [-0.3, -0.25) is 0 Å². The van der Waals surface area contributed by atoms with E-state index < -0.39 is 0 Å². The molecule has 0 N–H and O–H groups in total. The van der Waals surface area contributed by atoms with E-state index in [0.29, 0.717) is 13.2 Å². The molecule has 0 amide bonds. The Morgan fingerprint density at radius 2 is 0.944 bits per heavy atom. The van der Waals surface area contributed by atoms with Crippen LogP contribution in [0.2, 0.25) is 0 Å². The highest BCUT2D eigenvalue weighted by Gasteiger charge is 2.05. The van der Waals surface area contributed by atoms with Crippen molar-refractivity contribution in [2.24, 2.45) is 0 Å². The van der Waals surface area contributed by atoms with Crippen LogP contribution in [0.4, 0.5) is 0 Å². The highest BCUT2D eigenvalue weighted by molar-refractivity contribution is 5.04. The number of hydrogen-bond acceptors (Lipinski definition) is 2. The molecule has 0 saturated carbocycles. The number of aryl methyl sites for hydroxylation is 2. The van der Waals surface area contributed by atoms with Crippen LogP contribution < -0.4 is 9.13 Å². The standard InChI is InChI=1S/C32H54N2O2/c1-3-5-7-9-11-13-21-33-23-17-19-31(27-33)29-35-25-15-16-26-36-30-32-20-18-24-34(28-32)22-14-12-10-8-6-4-2/h17-20,23-24,27-28H,3-16,21-22,25-26,29-30H2,1-2H3/q+2. The maximum absolute atomic E-state index is 5.92. The monoisotopic (exact) mass is 498 g/mol. The minimum Gasteiger partial charge on any atom is -0.377 e. The molecule has 2 heterocycles. The summed E-state index contributed by atoms with van der Waals surface area (Å²) < 4.78 is 16.5. The summed E-state index contributed by atoms with van der Waals surface area (Å²) in [6.45, 7) is 9.73. The van der Waals surface area contributed by atoms with E-state index in [1.54, 1.807) is 0 Å². The summed E-state index contributed by atoms with van der Waals surface area (Å²) in [5.74, 6) is 0. The van der Waals surface area contributed by atoms with Crippen molar-refractivity contribution < 1.29 is 18.6 Å². The fourth-order valence-electron chi connectivity index (χ4n) is 4.54. The first-order valence-electron chi connectivity index (χ1n) is 14.9. The van der Waals surface area contributed by atoms with Gasteiger partial charge in [0.15, 0.2) is 24.8 Å². The largest absolute Gasteiger partial charge is 0.377 e. The molecule has 36 heavy (non-hydrogen) atoms. The van der Waals surface area contributed by atoms with Crippen LogP contribution in [0.25, 0.3) is 0 Å². The van der Waals surface area contributed by atoms with Gasteiger partial charge < -0.3 is 9.47 Å². The van der Waals surface area contributed by atoms with Gasteiger partial charge in [0.2, 0.25) is 0 Å². The summed E-state index contributed by atoms with van der Waals surface area (Å²) in [6, 6.07) is 8.62. The maximum atomic E-state index is 5.92. The van der Waals surface area contributed by atoms with Crippen LogP contribution in [0, 0.1) is 0 Å². The second kappa shape index (κ2) is 21.3. The molecule has 0 aliphatic heterocycles. The fourth-order valence-corrected chi connectivity index (χ4v) is 4.54. The van der Waals surface area contributed by atoms with Crippen LogP contribution in [-0.4, -0.2) is 13.2 Å². The van der Waals surface area contributed by atoms with Crippen molar-refractivity contribution in [3.8, 4) is 0 Å². The molecule has 0 radical (unpaired) electrons. The molecule has 0 aliphatic rings. The van der Waals surface area contributed by atoms with Crippen LogP contribution in [0.5, 0.6) is 0 Å². The molecule has 0 bridgehead atoms. The summed E-state index contributed by atoms with van der Waals surface area (Å²) >= 11 is 0. The summed E-state index contributed by atoms with van der Waals surface area (Å²) in [4.78, 5) is 0. The van der Waals surface area contributed by atoms with Gasteiger partial charge in [-0.15, -0.1) is 0 Å². The molecule has 0 atom stereocenters. The Bertz CT molecular complexity index is 715. The molecule has 0 unspecified atom stereocenters. The van der Waals surface area contributed by atoms with Crippen LogP contribution in [0.3, 0.4) is 0 Å². The lowest BCUT2D eigenvalue weighted by Gasteiger charge is -2.06. The number of nitrogens with zero attached hydrogens (tertiary/aromatic N) is 2. The Balaban J connectivity index is 1.48. The summed E-state index contributed by atoms with van der Waals surface area (Å²) in [6.07, 6.45) is 27.0. The minimum atomic E-state index is 0.695. The van der Waals surface area contributed by atoms with E-state index in [9.17, 15) is 0 Å². The molecular weight excluding hydrogens is 444 g/mol. The van der Waals surface area contributed by atoms with E-state index in [1.165, 1.54) is 88.2 Å². The van der Waals surface area contributed by atoms with Gasteiger partial charge in [-0.25, -0.2) is 9.13 Å². The second-order valence-electron chi connectivity index (χ2n) is 10.2. The van der Waals surface area contributed by atoms with Gasteiger partial charge in [0, 0.05) is 49.3 Å². The van der Waals surface area contributed by atoms with Crippen molar-refractivity contribution in [3.05, 3.63) is 60.2 Å². The van der Waals surface area contributed by atoms with Gasteiger partial charge in [-0.1, -0.05) is 65.2 Å². The molecule has 0 fully saturated rings. The molecule has 2 aromatic rings. The number of hydrogen-bond donors (Lipinski definition) is 0. The van der Waals surface area contributed by atoms with E-state index in [4.69, 9.17) is 9.47 Å². The zero-order valence-electron chi connectivity index (χ0n) is 23.5. The SMILES string of the molecule is CCCCCCCC[n+]1cccc(COCCCCOCc2ccc[n+](CCCCCCCC)c2)c1. The van der Waals surface area contributed by atoms with Gasteiger partial charge in [0.1, 0.15) is 13.1 Å². The van der Waals surface area contributed by atoms with Crippen LogP contribution in [0.1, 0.15) is 115 Å². The molecule has 2 aromatic heterocycles. The van der Waals surface area contributed by atoms with Crippen LogP contribution in [-0.2, 0) is 35.8 Å². The Hall–Kier alpha value is -1.78. The topological polar surface area (TPSA) is 26.2 Å². The molecule has 2 rings (SSSR count). The molecule has 4 nitrogen and oxygen atoms in total. The smallest absolute Gasteiger partial charge is 0.174 e. The molecule has 202 valence electrons. The van der Waals surface area contributed by atoms with Crippen molar-refractivity contribution in [2.45, 2.75) is 130 Å². The zero-order chi connectivity index (χ0) is 25.5. The second-order valence-corrected chi connectivity index (χ2v) is 10.2. The third-order valence-corrected chi connectivity index (χ3v) is 6.74. The highest BCUT2D eigenvalue weighted by Crippen LogP contribution is 2.07. The molecule has 0 spiro atoms. The minimum absolute atomic E-state index is 0.695. The number of unbranched alkanes of at least 4 members (excludes halogenated alkanes) is 11. The lowest BCUT2D eigenvalue weighted by molar-refractivity contribution is -0.698. The lowest BCUT2D eigenvalue weighted by atomic mass is 10.1. The van der Waals surface area contributed by atoms with Gasteiger partial charge in [0.25, 0.3) is 0 Å². The van der Waals surface area contributed by atoms with E-state index in [2.05, 4.69) is 72.0 Å². The van der Waals surface area contributed by atoms with E-state index >= 15 is 0 Å². The van der Waals surface area contributed by atoms with Gasteiger partial charge in [-0.05, 0) is 37.8 Å². The average Bonchev–Trinajstić information content (AvgIpc) is 2.90. The Labute approximate surface area is 222 Å². The number of ether oxygens (including phenoxy) is 2. The molecule has 0 aromatic carbocycles. The van der Waals surface area contributed by atoms with Crippen molar-refractivity contribution in [3.63, 3.8) is 0 Å². The van der Waals surface area contributed by atoms with Crippen molar-refractivity contribution in [1.82, 2.24) is 0 Å². The van der Waals surface area contributed by atoms with E-state index in [-0.39, 0.29) is 0 Å². The van der Waals surface area contributed by atoms with Crippen molar-refractivity contribution in [1.29, 1.82) is 0 Å². The van der Waals surface area contributed by atoms with E-state index in [1.807, 2.05) is 0 Å². The molecule has 4 heteroatoms. The lowest BCUT2D eigenvalue weighted by Crippen LogP contribution is -2.33. The first-order valence-corrected chi connectivity index (χ1v) is 14.9. The summed E-state index contributed by atoms with van der Waals surface area (Å²) in [5, 5.41) is 0. The van der Waals surface area contributed by atoms with Gasteiger partial charge in [0.05, 0.1) is 13.2 Å². The average molecular weight is 499 g/mol. The van der Waals surface area contributed by atoms with Gasteiger partial charge in [-0.2, -0.15) is 0 Å². The fraction of sp³-hybridized carbons (Fsp3) is 0.688. The van der Waals surface area contributed by atoms with Gasteiger partial charge >= 0.3 is 0 Å². The molecule has 0 aliphatic carbocycles. The predicted octanol–water partition coefficient (Wildman–Crippen LogP) is 7.50. The number of aromatic nitrogens is 2. The zero-order valence-corrected chi connectivity index (χ0v) is 23.5. The number of rotatable bonds is 23.